The van der Waals surface area contributed by atoms with E-state index in [1.54, 1.807) is 12.4 Å². The summed E-state index contributed by atoms with van der Waals surface area (Å²) in [5, 5.41) is 7.66. The van der Waals surface area contributed by atoms with E-state index >= 15 is 0 Å². The van der Waals surface area contributed by atoms with Gasteiger partial charge < -0.3 is 5.32 Å². The van der Waals surface area contributed by atoms with Crippen LogP contribution in [0.4, 0.5) is 0 Å². The number of nitrogens with one attached hydrogen (secondary N) is 1. The zero-order valence-electron chi connectivity index (χ0n) is 16.4. The first kappa shape index (κ1) is 18.6. The number of aromatic nitrogens is 4. The van der Waals surface area contributed by atoms with Gasteiger partial charge in [0.1, 0.15) is 5.52 Å². The predicted octanol–water partition coefficient (Wildman–Crippen LogP) is 2.26. The van der Waals surface area contributed by atoms with E-state index in [2.05, 4.69) is 51.4 Å². The fraction of sp³-hybridized carbons (Fsp3) is 0.429. The molecule has 0 radical (unpaired) electrons. The molecule has 28 heavy (non-hydrogen) atoms. The maximum Gasteiger partial charge on any atom is 0.216 e. The Kier molecular flexibility index (Phi) is 5.34. The summed E-state index contributed by atoms with van der Waals surface area (Å²) >= 11 is 0. The summed E-state index contributed by atoms with van der Waals surface area (Å²) in [5.74, 6) is 0.315. The molecule has 1 aliphatic heterocycles. The molecule has 1 N–H and O–H groups in total. The first-order valence-electron chi connectivity index (χ1n) is 9.80. The van der Waals surface area contributed by atoms with Crippen LogP contribution in [0.3, 0.4) is 0 Å². The molecule has 0 bridgehead atoms. The van der Waals surface area contributed by atoms with Crippen molar-refractivity contribution in [3.05, 3.63) is 53.5 Å². The topological polar surface area (TPSA) is 75.9 Å². The second kappa shape index (κ2) is 8.06. The molecule has 3 aromatic rings. The van der Waals surface area contributed by atoms with Gasteiger partial charge >= 0.3 is 0 Å². The summed E-state index contributed by atoms with van der Waals surface area (Å²) in [6.45, 7) is 7.82. The van der Waals surface area contributed by atoms with Gasteiger partial charge in [-0.15, -0.1) is 0 Å². The van der Waals surface area contributed by atoms with Gasteiger partial charge in [0, 0.05) is 44.9 Å². The zero-order chi connectivity index (χ0) is 19.5. The Hall–Kier alpha value is -2.80. The highest BCUT2D eigenvalue weighted by Crippen LogP contribution is 2.31. The highest BCUT2D eigenvalue weighted by atomic mass is 16.1. The number of hydrogen-bond acceptors (Lipinski definition) is 5. The Balaban J connectivity index is 1.51. The second-order valence-electron chi connectivity index (χ2n) is 7.47. The summed E-state index contributed by atoms with van der Waals surface area (Å²) in [6, 6.07) is 8.57. The van der Waals surface area contributed by atoms with E-state index < -0.39 is 0 Å². The molecule has 1 saturated heterocycles. The van der Waals surface area contributed by atoms with Crippen LogP contribution in [0.2, 0.25) is 0 Å². The van der Waals surface area contributed by atoms with E-state index in [1.807, 2.05) is 4.68 Å². The molecule has 0 saturated carbocycles. The van der Waals surface area contributed by atoms with Crippen molar-refractivity contribution in [2.75, 3.05) is 19.6 Å². The Labute approximate surface area is 164 Å². The lowest BCUT2D eigenvalue weighted by Gasteiger charge is -2.17. The van der Waals surface area contributed by atoms with Crippen LogP contribution in [0.15, 0.2) is 36.7 Å². The van der Waals surface area contributed by atoms with Gasteiger partial charge in [-0.3, -0.25) is 9.69 Å². The second-order valence-corrected chi connectivity index (χ2v) is 7.47. The Bertz CT molecular complexity index is 982. The molecular weight excluding hydrogens is 352 g/mol. The molecule has 1 aliphatic rings. The summed E-state index contributed by atoms with van der Waals surface area (Å²) in [5.41, 5.74) is 5.42. The molecule has 7 nitrogen and oxygen atoms in total. The molecule has 2 aromatic heterocycles. The Morgan fingerprint density at radius 3 is 2.89 bits per heavy atom. The summed E-state index contributed by atoms with van der Waals surface area (Å²) < 4.78 is 1.87. The highest BCUT2D eigenvalue weighted by Gasteiger charge is 2.29. The number of carbonyl (C=O) groups excluding carboxylic acids is 1. The van der Waals surface area contributed by atoms with E-state index in [-0.39, 0.29) is 5.91 Å². The van der Waals surface area contributed by atoms with Gasteiger partial charge in [0.2, 0.25) is 5.91 Å². The highest BCUT2D eigenvalue weighted by molar-refractivity contribution is 5.74. The normalized spacial score (nSPS) is 17.3. The molecule has 0 aliphatic carbocycles. The molecule has 1 fully saturated rings. The molecule has 3 heterocycles. The van der Waals surface area contributed by atoms with Gasteiger partial charge in [0.15, 0.2) is 5.65 Å². The van der Waals surface area contributed by atoms with Crippen molar-refractivity contribution < 1.29 is 4.79 Å². The number of amides is 1. The average molecular weight is 378 g/mol. The van der Waals surface area contributed by atoms with E-state index in [4.69, 9.17) is 5.10 Å². The Morgan fingerprint density at radius 1 is 1.25 bits per heavy atom. The summed E-state index contributed by atoms with van der Waals surface area (Å²) in [7, 11) is 0. The summed E-state index contributed by atoms with van der Waals surface area (Å²) in [4.78, 5) is 22.7. The molecule has 1 atom stereocenters. The van der Waals surface area contributed by atoms with E-state index in [0.29, 0.717) is 19.0 Å². The number of nitrogens with zero attached hydrogens (tertiary/aromatic N) is 5. The lowest BCUT2D eigenvalue weighted by Crippen LogP contribution is -2.25. The van der Waals surface area contributed by atoms with Crippen LogP contribution in [0, 0.1) is 6.92 Å². The van der Waals surface area contributed by atoms with Crippen molar-refractivity contribution in [1.29, 1.82) is 0 Å². The van der Waals surface area contributed by atoms with E-state index in [0.717, 1.165) is 42.9 Å². The molecule has 1 aromatic carbocycles. The molecule has 146 valence electrons. The number of fused-ring (bicyclic) bond motifs is 1. The van der Waals surface area contributed by atoms with Crippen molar-refractivity contribution in [3.8, 4) is 0 Å². The number of benzene rings is 1. The summed E-state index contributed by atoms with van der Waals surface area (Å²) in [6.07, 6.45) is 4.49. The first-order valence-corrected chi connectivity index (χ1v) is 9.80. The number of likely N-dealkylation sites (tertiary alicyclic amines) is 1. The van der Waals surface area contributed by atoms with Gasteiger partial charge in [-0.1, -0.05) is 24.3 Å². The number of hydrogen-bond donors (Lipinski definition) is 1. The SMILES string of the molecule is CC(=O)NCCn1nc(C2CCN(Cc3ccccc3C)C2)c2nccnc21. The lowest BCUT2D eigenvalue weighted by molar-refractivity contribution is -0.118. The fourth-order valence-corrected chi connectivity index (χ4v) is 3.92. The fourth-order valence-electron chi connectivity index (χ4n) is 3.92. The minimum atomic E-state index is -0.0367. The number of carbonyl (C=O) groups is 1. The van der Waals surface area contributed by atoms with Crippen molar-refractivity contribution in [2.24, 2.45) is 0 Å². The number of aryl methyl sites for hydroxylation is 1. The van der Waals surface area contributed by atoms with Crippen LogP contribution < -0.4 is 5.32 Å². The van der Waals surface area contributed by atoms with E-state index in [1.165, 1.54) is 18.1 Å². The molecule has 1 unspecified atom stereocenters. The Morgan fingerprint density at radius 2 is 2.07 bits per heavy atom. The lowest BCUT2D eigenvalue weighted by atomic mass is 10.0. The van der Waals surface area contributed by atoms with Crippen molar-refractivity contribution in [1.82, 2.24) is 30.0 Å². The first-order chi connectivity index (χ1) is 13.6. The zero-order valence-corrected chi connectivity index (χ0v) is 16.4. The van der Waals surface area contributed by atoms with Crippen LogP contribution in [-0.2, 0) is 17.9 Å². The molecule has 7 heteroatoms. The predicted molar refractivity (Wildman–Crippen MR) is 108 cm³/mol. The molecule has 1 amide bonds. The van der Waals surface area contributed by atoms with Crippen LogP contribution >= 0.6 is 0 Å². The number of rotatable bonds is 6. The monoisotopic (exact) mass is 378 g/mol. The molecule has 4 rings (SSSR count). The van der Waals surface area contributed by atoms with Crippen molar-refractivity contribution in [3.63, 3.8) is 0 Å². The molecular formula is C21H26N6O. The average Bonchev–Trinajstić information content (AvgIpc) is 3.28. The van der Waals surface area contributed by atoms with Crippen molar-refractivity contribution in [2.45, 2.75) is 39.3 Å². The third-order valence-electron chi connectivity index (χ3n) is 5.41. The van der Waals surface area contributed by atoms with Crippen LogP contribution in [-0.4, -0.2) is 50.2 Å². The van der Waals surface area contributed by atoms with Gasteiger partial charge in [-0.25, -0.2) is 14.6 Å². The van der Waals surface area contributed by atoms with Gasteiger partial charge in [0.25, 0.3) is 0 Å². The van der Waals surface area contributed by atoms with Gasteiger partial charge in [-0.05, 0) is 31.0 Å². The minimum absolute atomic E-state index is 0.0367. The largest absolute Gasteiger partial charge is 0.354 e. The minimum Gasteiger partial charge on any atom is -0.354 e. The van der Waals surface area contributed by atoms with Gasteiger partial charge in [-0.2, -0.15) is 5.10 Å². The van der Waals surface area contributed by atoms with E-state index in [9.17, 15) is 4.79 Å². The van der Waals surface area contributed by atoms with Crippen LogP contribution in [0.25, 0.3) is 11.2 Å². The van der Waals surface area contributed by atoms with Crippen LogP contribution in [0.5, 0.6) is 0 Å². The smallest absolute Gasteiger partial charge is 0.216 e. The maximum absolute atomic E-state index is 11.1. The van der Waals surface area contributed by atoms with Gasteiger partial charge in [0.05, 0.1) is 12.2 Å². The third-order valence-corrected chi connectivity index (χ3v) is 5.41. The standard InChI is InChI=1S/C21H26N6O/c1-15-5-3-4-6-17(15)13-26-11-7-18(14-26)19-20-21(24-9-8-23-20)27(25-19)12-10-22-16(2)28/h3-6,8-9,18H,7,10-14H2,1-2H3,(H,22,28). The molecule has 0 spiro atoms. The maximum atomic E-state index is 11.1. The van der Waals surface area contributed by atoms with Crippen LogP contribution in [0.1, 0.15) is 36.1 Å². The van der Waals surface area contributed by atoms with Crippen molar-refractivity contribution >= 4 is 17.1 Å². The third kappa shape index (κ3) is 3.89. The quantitative estimate of drug-likeness (QED) is 0.712.